The van der Waals surface area contributed by atoms with E-state index in [0.717, 1.165) is 35.4 Å². The number of carbonyl (C=O) groups excluding carboxylic acids is 1. The van der Waals surface area contributed by atoms with Crippen LogP contribution in [0.25, 0.3) is 22.2 Å². The highest BCUT2D eigenvalue weighted by Crippen LogP contribution is 2.31. The fourth-order valence-electron chi connectivity index (χ4n) is 4.50. The standard InChI is InChI=1S/C26H27N7O2/c1-16-14-33(15-17(2)30-16)22-10-9-19(24-20(22)11-29-26(32-24)35-3)25(34)31-23-13-27-21(12-28-23)18-7-5-4-6-8-18/h4-13,16-17,30H,14-15H2,1-3H3,(H,28,31,34)/t16-,17+. The minimum atomic E-state index is -0.328. The molecule has 1 fully saturated rings. The van der Waals surface area contributed by atoms with Crippen molar-refractivity contribution in [3.63, 3.8) is 0 Å². The van der Waals surface area contributed by atoms with Gasteiger partial charge in [0.05, 0.1) is 36.3 Å². The summed E-state index contributed by atoms with van der Waals surface area (Å²) in [4.78, 5) is 33.2. The topological polar surface area (TPSA) is 105 Å². The van der Waals surface area contributed by atoms with E-state index in [1.165, 1.54) is 7.11 Å². The van der Waals surface area contributed by atoms with E-state index in [2.05, 4.69) is 49.3 Å². The number of fused-ring (bicyclic) bond motifs is 1. The number of nitrogens with zero attached hydrogens (tertiary/aromatic N) is 5. The first-order chi connectivity index (χ1) is 17.0. The van der Waals surface area contributed by atoms with Gasteiger partial charge >= 0.3 is 6.01 Å². The molecule has 2 N–H and O–H groups in total. The molecule has 1 aliphatic heterocycles. The number of rotatable bonds is 5. The molecule has 5 rings (SSSR count). The Morgan fingerprint density at radius 1 is 1.00 bits per heavy atom. The van der Waals surface area contributed by atoms with Gasteiger partial charge in [-0.05, 0) is 26.0 Å². The lowest BCUT2D eigenvalue weighted by Gasteiger charge is -2.38. The van der Waals surface area contributed by atoms with Gasteiger partial charge in [-0.3, -0.25) is 9.78 Å². The molecule has 4 aromatic rings. The monoisotopic (exact) mass is 469 g/mol. The Morgan fingerprint density at radius 3 is 2.46 bits per heavy atom. The van der Waals surface area contributed by atoms with E-state index in [0.29, 0.717) is 29.0 Å². The molecular formula is C26H27N7O2. The minimum absolute atomic E-state index is 0.206. The smallest absolute Gasteiger partial charge is 0.316 e. The third-order valence-corrected chi connectivity index (χ3v) is 5.99. The van der Waals surface area contributed by atoms with E-state index >= 15 is 0 Å². The second-order valence-electron chi connectivity index (χ2n) is 8.73. The van der Waals surface area contributed by atoms with Gasteiger partial charge in [0, 0.05) is 48.0 Å². The van der Waals surface area contributed by atoms with E-state index in [4.69, 9.17) is 4.74 Å². The number of nitrogens with one attached hydrogen (secondary N) is 2. The Balaban J connectivity index is 1.46. The molecule has 0 radical (unpaired) electrons. The summed E-state index contributed by atoms with van der Waals surface area (Å²) in [5, 5.41) is 7.19. The fourth-order valence-corrected chi connectivity index (χ4v) is 4.50. The third-order valence-electron chi connectivity index (χ3n) is 5.99. The van der Waals surface area contributed by atoms with Crippen LogP contribution in [-0.4, -0.2) is 58.1 Å². The average Bonchev–Trinajstić information content (AvgIpc) is 2.88. The summed E-state index contributed by atoms with van der Waals surface area (Å²) >= 11 is 0. The Bertz CT molecular complexity index is 1340. The number of carbonyl (C=O) groups is 1. The molecule has 1 aliphatic rings. The van der Waals surface area contributed by atoms with Gasteiger partial charge in [-0.2, -0.15) is 4.98 Å². The molecule has 2 aromatic heterocycles. The first-order valence-electron chi connectivity index (χ1n) is 11.6. The number of ether oxygens (including phenoxy) is 1. The lowest BCUT2D eigenvalue weighted by atomic mass is 10.0. The summed E-state index contributed by atoms with van der Waals surface area (Å²) in [5.74, 6) is 0.0313. The van der Waals surface area contributed by atoms with E-state index < -0.39 is 0 Å². The van der Waals surface area contributed by atoms with Crippen LogP contribution in [0.15, 0.2) is 61.1 Å². The molecule has 3 heterocycles. The van der Waals surface area contributed by atoms with Crippen LogP contribution in [0.3, 0.4) is 0 Å². The molecule has 1 amide bonds. The van der Waals surface area contributed by atoms with Gasteiger partial charge in [0.15, 0.2) is 5.82 Å². The van der Waals surface area contributed by atoms with E-state index in [1.54, 1.807) is 24.7 Å². The molecule has 0 aliphatic carbocycles. The number of amides is 1. The van der Waals surface area contributed by atoms with Gasteiger partial charge in [-0.25, -0.2) is 9.97 Å². The molecule has 178 valence electrons. The number of piperazine rings is 1. The van der Waals surface area contributed by atoms with Crippen LogP contribution in [0, 0.1) is 0 Å². The number of benzene rings is 2. The largest absolute Gasteiger partial charge is 0.467 e. The lowest BCUT2D eigenvalue weighted by Crippen LogP contribution is -2.54. The zero-order valence-corrected chi connectivity index (χ0v) is 19.9. The number of anilines is 2. The summed E-state index contributed by atoms with van der Waals surface area (Å²) < 4.78 is 5.25. The molecule has 9 nitrogen and oxygen atoms in total. The van der Waals surface area contributed by atoms with Crippen LogP contribution in [-0.2, 0) is 0 Å². The summed E-state index contributed by atoms with van der Waals surface area (Å²) in [7, 11) is 1.51. The highest BCUT2D eigenvalue weighted by molar-refractivity contribution is 6.13. The maximum Gasteiger partial charge on any atom is 0.316 e. The van der Waals surface area contributed by atoms with E-state index in [1.807, 2.05) is 36.4 Å². The summed E-state index contributed by atoms with van der Waals surface area (Å²) in [5.41, 5.74) is 3.62. The summed E-state index contributed by atoms with van der Waals surface area (Å²) in [6.45, 7) is 6.02. The van der Waals surface area contributed by atoms with Crippen molar-refractivity contribution in [2.45, 2.75) is 25.9 Å². The first-order valence-corrected chi connectivity index (χ1v) is 11.6. The molecule has 1 saturated heterocycles. The molecule has 0 bridgehead atoms. The van der Waals surface area contributed by atoms with Crippen LogP contribution >= 0.6 is 0 Å². The zero-order valence-electron chi connectivity index (χ0n) is 19.9. The highest BCUT2D eigenvalue weighted by Gasteiger charge is 2.24. The summed E-state index contributed by atoms with van der Waals surface area (Å²) in [6, 6.07) is 14.4. The Hall–Kier alpha value is -4.11. The van der Waals surface area contributed by atoms with Crippen LogP contribution < -0.4 is 20.3 Å². The second kappa shape index (κ2) is 9.63. The fraction of sp³-hybridized carbons (Fsp3) is 0.269. The molecule has 0 spiro atoms. The lowest BCUT2D eigenvalue weighted by molar-refractivity contribution is 0.102. The van der Waals surface area contributed by atoms with Crippen LogP contribution in [0.1, 0.15) is 24.2 Å². The zero-order chi connectivity index (χ0) is 24.4. The number of hydrogen-bond donors (Lipinski definition) is 2. The van der Waals surface area contributed by atoms with Gasteiger partial charge < -0.3 is 20.3 Å². The summed E-state index contributed by atoms with van der Waals surface area (Å²) in [6.07, 6.45) is 4.92. The number of hydrogen-bond acceptors (Lipinski definition) is 8. The van der Waals surface area contributed by atoms with Crippen molar-refractivity contribution >= 4 is 28.3 Å². The Labute approximate surface area is 203 Å². The van der Waals surface area contributed by atoms with Crippen LogP contribution in [0.2, 0.25) is 0 Å². The molecule has 2 atom stereocenters. The van der Waals surface area contributed by atoms with Crippen molar-refractivity contribution in [1.82, 2.24) is 25.3 Å². The van der Waals surface area contributed by atoms with E-state index in [-0.39, 0.29) is 11.9 Å². The third kappa shape index (κ3) is 4.76. The molecule has 2 aromatic carbocycles. The molecule has 0 unspecified atom stereocenters. The molecule has 0 saturated carbocycles. The van der Waals surface area contributed by atoms with Crippen molar-refractivity contribution in [2.24, 2.45) is 0 Å². The van der Waals surface area contributed by atoms with Gasteiger partial charge in [0.25, 0.3) is 5.91 Å². The normalized spacial score (nSPS) is 17.9. The van der Waals surface area contributed by atoms with Crippen LogP contribution in [0.4, 0.5) is 11.5 Å². The average molecular weight is 470 g/mol. The van der Waals surface area contributed by atoms with Gasteiger partial charge in [0.1, 0.15) is 0 Å². The Morgan fingerprint density at radius 2 is 1.77 bits per heavy atom. The van der Waals surface area contributed by atoms with Crippen molar-refractivity contribution in [2.75, 3.05) is 30.4 Å². The van der Waals surface area contributed by atoms with E-state index in [9.17, 15) is 4.79 Å². The van der Waals surface area contributed by atoms with Crippen molar-refractivity contribution in [3.05, 3.63) is 66.6 Å². The molecular weight excluding hydrogens is 442 g/mol. The predicted octanol–water partition coefficient (Wildman–Crippen LogP) is 3.53. The number of aromatic nitrogens is 4. The van der Waals surface area contributed by atoms with Crippen molar-refractivity contribution in [3.8, 4) is 17.3 Å². The van der Waals surface area contributed by atoms with Gasteiger partial charge in [-0.1, -0.05) is 30.3 Å². The quantitative estimate of drug-likeness (QED) is 0.457. The number of methoxy groups -OCH3 is 1. The maximum atomic E-state index is 13.3. The van der Waals surface area contributed by atoms with Crippen molar-refractivity contribution in [1.29, 1.82) is 0 Å². The SMILES string of the molecule is COc1ncc2c(N3C[C@@H](C)N[C@@H](C)C3)ccc(C(=O)Nc3cnc(-c4ccccc4)cn3)c2n1. The molecule has 9 heteroatoms. The minimum Gasteiger partial charge on any atom is -0.467 e. The van der Waals surface area contributed by atoms with Gasteiger partial charge in [0.2, 0.25) is 0 Å². The maximum absolute atomic E-state index is 13.3. The predicted molar refractivity (Wildman–Crippen MR) is 136 cm³/mol. The Kier molecular flexibility index (Phi) is 6.24. The highest BCUT2D eigenvalue weighted by atomic mass is 16.5. The second-order valence-corrected chi connectivity index (χ2v) is 8.73. The van der Waals surface area contributed by atoms with Gasteiger partial charge in [-0.15, -0.1) is 0 Å². The molecule has 35 heavy (non-hydrogen) atoms. The van der Waals surface area contributed by atoms with Crippen LogP contribution in [0.5, 0.6) is 6.01 Å². The van der Waals surface area contributed by atoms with Crippen molar-refractivity contribution < 1.29 is 9.53 Å². The first kappa shape index (κ1) is 22.7.